The van der Waals surface area contributed by atoms with Crippen molar-refractivity contribution in [3.05, 3.63) is 59.7 Å². The lowest BCUT2D eigenvalue weighted by Crippen LogP contribution is -2.32. The zero-order valence-electron chi connectivity index (χ0n) is 15.1. The van der Waals surface area contributed by atoms with Gasteiger partial charge in [-0.1, -0.05) is 58.0 Å². The molecule has 2 N–H and O–H groups in total. The Labute approximate surface area is 145 Å². The van der Waals surface area contributed by atoms with E-state index in [2.05, 4.69) is 32.6 Å². The number of carbonyl (C=O) groups excluding carboxylic acids is 1. The van der Waals surface area contributed by atoms with Crippen LogP contribution in [0.3, 0.4) is 0 Å². The first-order chi connectivity index (χ1) is 11.4. The average Bonchev–Trinajstić information content (AvgIpc) is 2.53. The van der Waals surface area contributed by atoms with E-state index < -0.39 is 0 Å². The minimum Gasteiger partial charge on any atom is -0.397 e. The molecule has 0 saturated carbocycles. The van der Waals surface area contributed by atoms with Crippen molar-refractivity contribution < 1.29 is 4.79 Å². The van der Waals surface area contributed by atoms with Crippen LogP contribution in [-0.2, 0) is 0 Å². The molecule has 0 aliphatic heterocycles. The fourth-order valence-corrected chi connectivity index (χ4v) is 2.89. The summed E-state index contributed by atoms with van der Waals surface area (Å²) in [5.74, 6) is 1.11. The molecule has 0 amide bonds. The van der Waals surface area contributed by atoms with Gasteiger partial charge in [0.15, 0.2) is 5.78 Å². The Morgan fingerprint density at radius 1 is 0.917 bits per heavy atom. The third-order valence-electron chi connectivity index (χ3n) is 3.84. The van der Waals surface area contributed by atoms with E-state index in [1.165, 1.54) is 0 Å². The minimum absolute atomic E-state index is 0.00752. The van der Waals surface area contributed by atoms with E-state index in [9.17, 15) is 4.79 Å². The van der Waals surface area contributed by atoms with Crippen LogP contribution >= 0.6 is 0 Å². The second kappa shape index (κ2) is 8.00. The zero-order chi connectivity index (χ0) is 17.7. The summed E-state index contributed by atoms with van der Waals surface area (Å²) in [5, 5.41) is 0. The summed E-state index contributed by atoms with van der Waals surface area (Å²) in [4.78, 5) is 14.9. The van der Waals surface area contributed by atoms with Crippen LogP contribution in [0.5, 0.6) is 0 Å². The molecule has 0 fully saturated rings. The predicted molar refractivity (Wildman–Crippen MR) is 103 cm³/mol. The summed E-state index contributed by atoms with van der Waals surface area (Å²) < 4.78 is 0. The molecule has 3 heteroatoms. The number of nitrogens with zero attached hydrogens (tertiary/aromatic N) is 1. The maximum Gasteiger partial charge on any atom is 0.193 e. The number of nitrogens with two attached hydrogens (primary N) is 1. The van der Waals surface area contributed by atoms with E-state index in [1.54, 1.807) is 6.07 Å². The molecule has 0 radical (unpaired) electrons. The molecule has 3 nitrogen and oxygen atoms in total. The molecule has 0 bridgehead atoms. The van der Waals surface area contributed by atoms with Gasteiger partial charge in [0, 0.05) is 24.2 Å². The molecule has 0 aliphatic carbocycles. The minimum atomic E-state index is 0.00752. The van der Waals surface area contributed by atoms with Gasteiger partial charge in [-0.05, 0) is 30.0 Å². The molecular formula is C21H28N2O. The lowest BCUT2D eigenvalue weighted by Gasteiger charge is -2.29. The fraction of sp³-hybridized carbons (Fsp3) is 0.381. The third-order valence-corrected chi connectivity index (χ3v) is 3.84. The van der Waals surface area contributed by atoms with E-state index in [4.69, 9.17) is 5.73 Å². The van der Waals surface area contributed by atoms with E-state index in [1.807, 2.05) is 42.5 Å². The lowest BCUT2D eigenvalue weighted by molar-refractivity contribution is 0.103. The van der Waals surface area contributed by atoms with Gasteiger partial charge < -0.3 is 10.6 Å². The van der Waals surface area contributed by atoms with Gasteiger partial charge in [-0.3, -0.25) is 4.79 Å². The van der Waals surface area contributed by atoms with E-state index in [0.717, 1.165) is 18.8 Å². The summed E-state index contributed by atoms with van der Waals surface area (Å²) >= 11 is 0. The Morgan fingerprint density at radius 3 is 2.00 bits per heavy atom. The van der Waals surface area contributed by atoms with E-state index >= 15 is 0 Å². The molecule has 0 atom stereocenters. The van der Waals surface area contributed by atoms with Gasteiger partial charge in [0.1, 0.15) is 0 Å². The quantitative estimate of drug-likeness (QED) is 0.597. The normalized spacial score (nSPS) is 11.1. The number of benzene rings is 2. The van der Waals surface area contributed by atoms with Gasteiger partial charge in [0.05, 0.1) is 11.4 Å². The number of hydrogen-bond acceptors (Lipinski definition) is 3. The van der Waals surface area contributed by atoms with Crippen molar-refractivity contribution in [2.24, 2.45) is 11.8 Å². The molecule has 0 unspecified atom stereocenters. The fourth-order valence-electron chi connectivity index (χ4n) is 2.89. The van der Waals surface area contributed by atoms with Gasteiger partial charge in [-0.2, -0.15) is 0 Å². The van der Waals surface area contributed by atoms with Crippen molar-refractivity contribution in [1.29, 1.82) is 0 Å². The maximum atomic E-state index is 12.6. The van der Waals surface area contributed by atoms with Gasteiger partial charge >= 0.3 is 0 Å². The molecule has 2 aromatic rings. The summed E-state index contributed by atoms with van der Waals surface area (Å²) in [6, 6.07) is 15.0. The van der Waals surface area contributed by atoms with Crippen molar-refractivity contribution in [1.82, 2.24) is 0 Å². The molecule has 2 rings (SSSR count). The highest BCUT2D eigenvalue weighted by Gasteiger charge is 2.16. The Balaban J connectivity index is 2.29. The maximum absolute atomic E-state index is 12.6. The van der Waals surface area contributed by atoms with Crippen LogP contribution in [0.1, 0.15) is 43.6 Å². The lowest BCUT2D eigenvalue weighted by atomic mass is 10.0. The smallest absolute Gasteiger partial charge is 0.193 e. The topological polar surface area (TPSA) is 46.3 Å². The monoisotopic (exact) mass is 324 g/mol. The molecule has 0 aromatic heterocycles. The van der Waals surface area contributed by atoms with E-state index in [-0.39, 0.29) is 5.78 Å². The number of anilines is 2. The van der Waals surface area contributed by atoms with Gasteiger partial charge in [0.25, 0.3) is 0 Å². The second-order valence-electron chi connectivity index (χ2n) is 7.16. The van der Waals surface area contributed by atoms with Crippen molar-refractivity contribution in [2.75, 3.05) is 23.7 Å². The molecule has 24 heavy (non-hydrogen) atoms. The highest BCUT2D eigenvalue weighted by molar-refractivity contribution is 6.09. The molecule has 0 spiro atoms. The number of ketones is 1. The molecule has 0 aliphatic rings. The van der Waals surface area contributed by atoms with Crippen LogP contribution in [0.2, 0.25) is 0 Å². The highest BCUT2D eigenvalue weighted by atomic mass is 16.1. The average molecular weight is 324 g/mol. The van der Waals surface area contributed by atoms with Crippen molar-refractivity contribution in [3.63, 3.8) is 0 Å². The number of hydrogen-bond donors (Lipinski definition) is 1. The third kappa shape index (κ3) is 4.60. The van der Waals surface area contributed by atoms with Crippen LogP contribution in [0.25, 0.3) is 0 Å². The standard InChI is InChI=1S/C21H28N2O/c1-15(2)13-23(14-16(3)4)20-11-10-18(12-19(20)22)21(24)17-8-6-5-7-9-17/h5-12,15-16H,13-14,22H2,1-4H3. The summed E-state index contributed by atoms with van der Waals surface area (Å²) in [7, 11) is 0. The van der Waals surface area contributed by atoms with E-state index in [0.29, 0.717) is 28.7 Å². The van der Waals surface area contributed by atoms with Crippen LogP contribution in [0, 0.1) is 11.8 Å². The largest absolute Gasteiger partial charge is 0.397 e. The van der Waals surface area contributed by atoms with Crippen molar-refractivity contribution in [3.8, 4) is 0 Å². The Morgan fingerprint density at radius 2 is 1.50 bits per heavy atom. The first kappa shape index (κ1) is 18.1. The Hall–Kier alpha value is -2.29. The van der Waals surface area contributed by atoms with Gasteiger partial charge in [-0.15, -0.1) is 0 Å². The Kier molecular flexibility index (Phi) is 6.02. The highest BCUT2D eigenvalue weighted by Crippen LogP contribution is 2.27. The summed E-state index contributed by atoms with van der Waals surface area (Å²) in [5.41, 5.74) is 9.30. The SMILES string of the molecule is CC(C)CN(CC(C)C)c1ccc(C(=O)c2ccccc2)cc1N. The van der Waals surface area contributed by atoms with Crippen molar-refractivity contribution in [2.45, 2.75) is 27.7 Å². The molecule has 2 aromatic carbocycles. The molecule has 0 saturated heterocycles. The Bertz CT molecular complexity index is 667. The van der Waals surface area contributed by atoms with Crippen LogP contribution in [0.15, 0.2) is 48.5 Å². The molecule has 128 valence electrons. The predicted octanol–water partition coefficient (Wildman–Crippen LogP) is 4.62. The first-order valence-electron chi connectivity index (χ1n) is 8.62. The summed E-state index contributed by atoms with van der Waals surface area (Å²) in [6.07, 6.45) is 0. The number of nitrogen functional groups attached to an aromatic ring is 1. The molecule has 0 heterocycles. The van der Waals surface area contributed by atoms with Crippen LogP contribution < -0.4 is 10.6 Å². The number of rotatable bonds is 7. The second-order valence-corrected chi connectivity index (χ2v) is 7.16. The molecular weight excluding hydrogens is 296 g/mol. The van der Waals surface area contributed by atoms with Crippen molar-refractivity contribution >= 4 is 17.2 Å². The first-order valence-corrected chi connectivity index (χ1v) is 8.62. The zero-order valence-corrected chi connectivity index (χ0v) is 15.1. The van der Waals surface area contributed by atoms with Crippen LogP contribution in [-0.4, -0.2) is 18.9 Å². The summed E-state index contributed by atoms with van der Waals surface area (Å²) in [6.45, 7) is 10.7. The number of carbonyl (C=O) groups is 1. The van der Waals surface area contributed by atoms with Crippen LogP contribution in [0.4, 0.5) is 11.4 Å². The van der Waals surface area contributed by atoms with Gasteiger partial charge in [0.2, 0.25) is 0 Å². The van der Waals surface area contributed by atoms with Gasteiger partial charge in [-0.25, -0.2) is 0 Å².